The highest BCUT2D eigenvalue weighted by Crippen LogP contribution is 2.32. The number of benzene rings is 2. The molecule has 0 bridgehead atoms. The molecule has 0 fully saturated rings. The van der Waals surface area contributed by atoms with E-state index in [4.69, 9.17) is 9.47 Å². The summed E-state index contributed by atoms with van der Waals surface area (Å²) in [5.41, 5.74) is -0.885. The summed E-state index contributed by atoms with van der Waals surface area (Å²) >= 11 is 0. The molecule has 6 nitrogen and oxygen atoms in total. The first-order valence-electron chi connectivity index (χ1n) is 8.24. The summed E-state index contributed by atoms with van der Waals surface area (Å²) < 4.78 is 49.0. The van der Waals surface area contributed by atoms with Crippen LogP contribution in [-0.2, 0) is 6.18 Å². The molecule has 9 heteroatoms. The zero-order chi connectivity index (χ0) is 20.9. The number of anilines is 1. The maximum Gasteiger partial charge on any atom is 0.416 e. The third-order valence-electron chi connectivity index (χ3n) is 3.92. The number of rotatable bonds is 5. The number of methoxy groups -OCH3 is 2. The van der Waals surface area contributed by atoms with Crippen LogP contribution in [-0.4, -0.2) is 32.7 Å². The molecule has 0 aromatic heterocycles. The average Bonchev–Trinajstić information content (AvgIpc) is 2.67. The van der Waals surface area contributed by atoms with Gasteiger partial charge in [0, 0.05) is 12.2 Å². The van der Waals surface area contributed by atoms with Crippen LogP contribution in [0.4, 0.5) is 23.7 Å². The number of urea groups is 1. The van der Waals surface area contributed by atoms with Crippen molar-refractivity contribution in [3.8, 4) is 11.5 Å². The minimum Gasteiger partial charge on any atom is -0.496 e. The van der Waals surface area contributed by atoms with Gasteiger partial charge in [0.05, 0.1) is 19.8 Å². The Morgan fingerprint density at radius 2 is 1.61 bits per heavy atom. The van der Waals surface area contributed by atoms with Crippen LogP contribution in [0, 0.1) is 0 Å². The second kappa shape index (κ2) is 8.64. The second-order valence-corrected chi connectivity index (χ2v) is 5.59. The van der Waals surface area contributed by atoms with Gasteiger partial charge in [-0.2, -0.15) is 13.2 Å². The first kappa shape index (κ1) is 21.1. The number of nitrogens with one attached hydrogen (secondary N) is 1. The molecule has 2 aromatic carbocycles. The highest BCUT2D eigenvalue weighted by molar-refractivity contribution is 6.11. The molecular formula is C19H19F3N2O4. The van der Waals surface area contributed by atoms with Gasteiger partial charge in [-0.15, -0.1) is 0 Å². The van der Waals surface area contributed by atoms with Gasteiger partial charge in [-0.25, -0.2) is 4.79 Å². The molecule has 2 rings (SSSR count). The molecule has 3 amide bonds. The molecule has 1 N–H and O–H groups in total. The van der Waals surface area contributed by atoms with Gasteiger partial charge in [-0.3, -0.25) is 15.0 Å². The van der Waals surface area contributed by atoms with Crippen LogP contribution in [0.1, 0.15) is 22.8 Å². The van der Waals surface area contributed by atoms with Crippen molar-refractivity contribution >= 4 is 17.6 Å². The fourth-order valence-electron chi connectivity index (χ4n) is 2.60. The van der Waals surface area contributed by atoms with Gasteiger partial charge in [-0.1, -0.05) is 12.1 Å². The van der Waals surface area contributed by atoms with Crippen LogP contribution in [0.3, 0.4) is 0 Å². The molecule has 0 spiro atoms. The van der Waals surface area contributed by atoms with Crippen molar-refractivity contribution in [3.05, 3.63) is 53.6 Å². The van der Waals surface area contributed by atoms with E-state index in [0.29, 0.717) is 0 Å². The summed E-state index contributed by atoms with van der Waals surface area (Å²) in [5, 5.41) is 2.16. The zero-order valence-electron chi connectivity index (χ0n) is 15.5. The smallest absolute Gasteiger partial charge is 0.416 e. The molecule has 0 saturated heterocycles. The Bertz CT molecular complexity index is 846. The van der Waals surface area contributed by atoms with E-state index in [2.05, 4.69) is 5.32 Å². The van der Waals surface area contributed by atoms with Crippen molar-refractivity contribution in [1.82, 2.24) is 5.32 Å². The fraction of sp³-hybridized carbons (Fsp3) is 0.263. The Balaban J connectivity index is 2.30. The van der Waals surface area contributed by atoms with Crippen LogP contribution in [0.25, 0.3) is 0 Å². The summed E-state index contributed by atoms with van der Waals surface area (Å²) in [4.78, 5) is 26.2. The molecule has 0 aliphatic rings. The van der Waals surface area contributed by atoms with Crippen molar-refractivity contribution in [3.63, 3.8) is 0 Å². The zero-order valence-corrected chi connectivity index (χ0v) is 15.5. The fourth-order valence-corrected chi connectivity index (χ4v) is 2.60. The van der Waals surface area contributed by atoms with Crippen molar-refractivity contribution in [2.45, 2.75) is 13.1 Å². The van der Waals surface area contributed by atoms with Gasteiger partial charge in [-0.05, 0) is 37.3 Å². The number of halogens is 3. The Kier molecular flexibility index (Phi) is 6.50. The van der Waals surface area contributed by atoms with Crippen molar-refractivity contribution < 1.29 is 32.2 Å². The minimum atomic E-state index is -4.55. The van der Waals surface area contributed by atoms with Gasteiger partial charge in [0.2, 0.25) is 0 Å². The minimum absolute atomic E-state index is 0.000875. The number of carbonyl (C=O) groups is 2. The number of amides is 3. The van der Waals surface area contributed by atoms with Gasteiger partial charge in [0.1, 0.15) is 17.1 Å². The molecule has 0 saturated carbocycles. The highest BCUT2D eigenvalue weighted by atomic mass is 19.4. The van der Waals surface area contributed by atoms with E-state index in [1.165, 1.54) is 38.5 Å². The predicted molar refractivity (Wildman–Crippen MR) is 96.9 cm³/mol. The molecule has 0 aliphatic carbocycles. The molecule has 0 aliphatic heterocycles. The molecule has 0 atom stereocenters. The molecule has 0 radical (unpaired) electrons. The predicted octanol–water partition coefficient (Wildman–Crippen LogP) is 4.10. The summed E-state index contributed by atoms with van der Waals surface area (Å²) in [6.07, 6.45) is -4.55. The summed E-state index contributed by atoms with van der Waals surface area (Å²) in [6, 6.07) is 8.07. The van der Waals surface area contributed by atoms with Gasteiger partial charge >= 0.3 is 12.2 Å². The van der Waals surface area contributed by atoms with Crippen molar-refractivity contribution in [2.24, 2.45) is 0 Å². The Morgan fingerprint density at radius 3 is 2.11 bits per heavy atom. The molecular weight excluding hydrogens is 377 g/mol. The number of alkyl halides is 3. The van der Waals surface area contributed by atoms with E-state index in [-0.39, 0.29) is 29.3 Å². The van der Waals surface area contributed by atoms with E-state index in [9.17, 15) is 22.8 Å². The number of nitrogens with zero attached hydrogens (tertiary/aromatic N) is 1. The SMILES string of the molecule is CCN(C(=O)NC(=O)c1c(OC)cccc1OC)c1cccc(C(F)(F)F)c1. The molecule has 0 unspecified atom stereocenters. The number of hydrogen-bond acceptors (Lipinski definition) is 4. The first-order valence-corrected chi connectivity index (χ1v) is 8.24. The topological polar surface area (TPSA) is 67.9 Å². The normalized spacial score (nSPS) is 10.9. The van der Waals surface area contributed by atoms with Crippen LogP contribution < -0.4 is 19.7 Å². The van der Waals surface area contributed by atoms with Crippen LogP contribution >= 0.6 is 0 Å². The van der Waals surface area contributed by atoms with E-state index < -0.39 is 23.7 Å². The van der Waals surface area contributed by atoms with Crippen LogP contribution in [0.5, 0.6) is 11.5 Å². The lowest BCUT2D eigenvalue weighted by molar-refractivity contribution is -0.137. The lowest BCUT2D eigenvalue weighted by Gasteiger charge is -2.22. The Morgan fingerprint density at radius 1 is 1.04 bits per heavy atom. The van der Waals surface area contributed by atoms with Gasteiger partial charge < -0.3 is 9.47 Å². The molecule has 0 heterocycles. The van der Waals surface area contributed by atoms with Crippen LogP contribution in [0.15, 0.2) is 42.5 Å². The summed E-state index contributed by atoms with van der Waals surface area (Å²) in [5.74, 6) is -0.428. The van der Waals surface area contributed by atoms with Gasteiger partial charge in [0.15, 0.2) is 0 Å². The lowest BCUT2D eigenvalue weighted by atomic mass is 10.1. The lowest BCUT2D eigenvalue weighted by Crippen LogP contribution is -2.43. The standard InChI is InChI=1S/C19H19F3N2O4/c1-4-24(13-8-5-7-12(11-13)19(20,21)22)18(26)23-17(25)16-14(27-2)9-6-10-15(16)28-3/h5-11H,4H2,1-3H3,(H,23,25,26). The first-order chi connectivity index (χ1) is 13.2. The molecule has 28 heavy (non-hydrogen) atoms. The Labute approximate surface area is 159 Å². The van der Waals surface area contributed by atoms with Crippen LogP contribution in [0.2, 0.25) is 0 Å². The number of ether oxygens (including phenoxy) is 2. The third-order valence-corrected chi connectivity index (χ3v) is 3.92. The Hall–Kier alpha value is -3.23. The number of carbonyl (C=O) groups excluding carboxylic acids is 2. The molecule has 2 aromatic rings. The van der Waals surface area contributed by atoms with Gasteiger partial charge in [0.25, 0.3) is 5.91 Å². The summed E-state index contributed by atoms with van der Waals surface area (Å²) in [6.45, 7) is 1.62. The van der Waals surface area contributed by atoms with E-state index in [1.54, 1.807) is 13.0 Å². The largest absolute Gasteiger partial charge is 0.496 e. The highest BCUT2D eigenvalue weighted by Gasteiger charge is 2.31. The average molecular weight is 396 g/mol. The molecule has 150 valence electrons. The monoisotopic (exact) mass is 396 g/mol. The van der Waals surface area contributed by atoms with E-state index in [0.717, 1.165) is 17.0 Å². The number of hydrogen-bond donors (Lipinski definition) is 1. The van der Waals surface area contributed by atoms with Crippen molar-refractivity contribution in [1.29, 1.82) is 0 Å². The quantitative estimate of drug-likeness (QED) is 0.826. The number of imide groups is 1. The third kappa shape index (κ3) is 4.54. The maximum atomic E-state index is 12.9. The van der Waals surface area contributed by atoms with E-state index in [1.807, 2.05) is 0 Å². The van der Waals surface area contributed by atoms with Crippen molar-refractivity contribution in [2.75, 3.05) is 25.7 Å². The second-order valence-electron chi connectivity index (χ2n) is 5.59. The maximum absolute atomic E-state index is 12.9. The van der Waals surface area contributed by atoms with E-state index >= 15 is 0 Å². The summed E-state index contributed by atoms with van der Waals surface area (Å²) in [7, 11) is 2.71.